The van der Waals surface area contributed by atoms with Crippen LogP contribution >= 0.6 is 15.9 Å². The van der Waals surface area contributed by atoms with E-state index in [4.69, 9.17) is 9.72 Å². The van der Waals surface area contributed by atoms with Crippen molar-refractivity contribution in [2.24, 2.45) is 0 Å². The number of sulfonamides is 1. The van der Waals surface area contributed by atoms with Crippen molar-refractivity contribution in [2.45, 2.75) is 31.2 Å². The third-order valence-electron chi connectivity index (χ3n) is 6.15. The maximum atomic E-state index is 13.8. The minimum atomic E-state index is -3.94. The Morgan fingerprint density at radius 1 is 1.03 bits per heavy atom. The van der Waals surface area contributed by atoms with Crippen LogP contribution in [0.2, 0.25) is 0 Å². The van der Waals surface area contributed by atoms with E-state index in [0.29, 0.717) is 22.4 Å². The van der Waals surface area contributed by atoms with Gasteiger partial charge in [0.05, 0.1) is 34.1 Å². The summed E-state index contributed by atoms with van der Waals surface area (Å²) in [4.78, 5) is 18.7. The maximum absolute atomic E-state index is 13.8. The molecule has 0 saturated carbocycles. The molecule has 9 heteroatoms. The lowest BCUT2D eigenvalue weighted by atomic mass is 10.1. The topological polar surface area (TPSA) is 81.5 Å². The second kappa shape index (κ2) is 11.0. The van der Waals surface area contributed by atoms with E-state index in [1.807, 2.05) is 30.3 Å². The monoisotopic (exact) mass is 569 g/mol. The summed E-state index contributed by atoms with van der Waals surface area (Å²) in [6.45, 7) is 4.09. The van der Waals surface area contributed by atoms with Crippen LogP contribution in [0.25, 0.3) is 16.6 Å². The smallest absolute Gasteiger partial charge is 0.266 e. The van der Waals surface area contributed by atoms with Crippen LogP contribution < -0.4 is 5.56 Å². The van der Waals surface area contributed by atoms with Crippen molar-refractivity contribution < 1.29 is 13.2 Å². The van der Waals surface area contributed by atoms with Gasteiger partial charge in [0.2, 0.25) is 10.0 Å². The van der Waals surface area contributed by atoms with Gasteiger partial charge in [-0.2, -0.15) is 4.31 Å². The SMILES string of the molecule is CCc1ccc(-n2c(C(C)N(CCOC)S(=O)(=O)c3ccc(Br)cc3)nc3ccccc3c2=O)cc1. The Balaban J connectivity index is 1.93. The Kier molecular flexibility index (Phi) is 8.04. The molecule has 36 heavy (non-hydrogen) atoms. The van der Waals surface area contributed by atoms with E-state index in [2.05, 4.69) is 22.9 Å². The van der Waals surface area contributed by atoms with Gasteiger partial charge in [0.25, 0.3) is 5.56 Å². The fourth-order valence-corrected chi connectivity index (χ4v) is 5.98. The van der Waals surface area contributed by atoms with Crippen LogP contribution in [0.3, 0.4) is 0 Å². The number of fused-ring (bicyclic) bond motifs is 1. The molecule has 1 atom stereocenters. The predicted molar refractivity (Wildman–Crippen MR) is 145 cm³/mol. The number of benzene rings is 3. The zero-order valence-electron chi connectivity index (χ0n) is 20.4. The number of hydrogen-bond donors (Lipinski definition) is 0. The number of aromatic nitrogens is 2. The van der Waals surface area contributed by atoms with E-state index < -0.39 is 16.1 Å². The lowest BCUT2D eigenvalue weighted by molar-refractivity contribution is 0.166. The first-order valence-electron chi connectivity index (χ1n) is 11.6. The lowest BCUT2D eigenvalue weighted by Gasteiger charge is -2.29. The second-order valence-electron chi connectivity index (χ2n) is 8.39. The highest BCUT2D eigenvalue weighted by molar-refractivity contribution is 9.10. The standard InChI is InChI=1S/C27H28BrN3O4S/c1-4-20-9-13-22(14-10-20)31-26(29-25-8-6-5-7-24(25)27(31)32)19(2)30(17-18-35-3)36(33,34)23-15-11-21(28)12-16-23/h5-16,19H,4,17-18H2,1-3H3. The van der Waals surface area contributed by atoms with Gasteiger partial charge >= 0.3 is 0 Å². The fraction of sp³-hybridized carbons (Fsp3) is 0.259. The summed E-state index contributed by atoms with van der Waals surface area (Å²) in [5.74, 6) is 0.333. The first kappa shape index (κ1) is 26.2. The first-order chi connectivity index (χ1) is 17.3. The van der Waals surface area contributed by atoms with Crippen molar-refractivity contribution in [3.8, 4) is 5.69 Å². The summed E-state index contributed by atoms with van der Waals surface area (Å²) in [6, 6.07) is 20.5. The first-order valence-corrected chi connectivity index (χ1v) is 13.9. The van der Waals surface area contributed by atoms with Crippen LogP contribution in [0.4, 0.5) is 0 Å². The summed E-state index contributed by atoms with van der Waals surface area (Å²) < 4.78 is 36.4. The van der Waals surface area contributed by atoms with Crippen molar-refractivity contribution >= 4 is 36.9 Å². The molecule has 0 saturated heterocycles. The van der Waals surface area contributed by atoms with Crippen molar-refractivity contribution in [2.75, 3.05) is 20.3 Å². The van der Waals surface area contributed by atoms with Gasteiger partial charge in [0.15, 0.2) is 0 Å². The summed E-state index contributed by atoms with van der Waals surface area (Å²) >= 11 is 3.36. The fourth-order valence-electron chi connectivity index (χ4n) is 4.13. The molecule has 188 valence electrons. The van der Waals surface area contributed by atoms with E-state index >= 15 is 0 Å². The molecule has 0 bridgehead atoms. The second-order valence-corrected chi connectivity index (χ2v) is 11.2. The van der Waals surface area contributed by atoms with Gasteiger partial charge in [-0.05, 0) is 67.4 Å². The van der Waals surface area contributed by atoms with Crippen LogP contribution in [-0.2, 0) is 21.2 Å². The lowest BCUT2D eigenvalue weighted by Crippen LogP contribution is -2.39. The molecule has 4 rings (SSSR count). The molecule has 0 spiro atoms. The van der Waals surface area contributed by atoms with E-state index in [9.17, 15) is 13.2 Å². The molecule has 0 aliphatic rings. The number of para-hydroxylation sites is 1. The number of aryl methyl sites for hydroxylation is 1. The molecule has 3 aromatic carbocycles. The Labute approximate surface area is 219 Å². The van der Waals surface area contributed by atoms with Crippen LogP contribution in [0.15, 0.2) is 87.0 Å². The Hall–Kier alpha value is -2.85. The molecule has 7 nitrogen and oxygen atoms in total. The van der Waals surface area contributed by atoms with Gasteiger partial charge in [0.1, 0.15) is 5.82 Å². The summed E-state index contributed by atoms with van der Waals surface area (Å²) in [6.07, 6.45) is 0.866. The van der Waals surface area contributed by atoms with Gasteiger partial charge < -0.3 is 4.74 Å². The maximum Gasteiger partial charge on any atom is 0.266 e. The summed E-state index contributed by atoms with van der Waals surface area (Å²) in [5.41, 5.74) is 2.03. The van der Waals surface area contributed by atoms with Crippen molar-refractivity contribution in [1.29, 1.82) is 0 Å². The van der Waals surface area contributed by atoms with Crippen molar-refractivity contribution in [3.05, 3.63) is 99.0 Å². The molecular weight excluding hydrogens is 542 g/mol. The largest absolute Gasteiger partial charge is 0.383 e. The van der Waals surface area contributed by atoms with Gasteiger partial charge in [-0.15, -0.1) is 0 Å². The normalized spacial score (nSPS) is 12.8. The van der Waals surface area contributed by atoms with Gasteiger partial charge in [0, 0.05) is 18.1 Å². The van der Waals surface area contributed by atoms with Crippen molar-refractivity contribution in [3.63, 3.8) is 0 Å². The molecule has 1 heterocycles. The van der Waals surface area contributed by atoms with Gasteiger partial charge in [-0.25, -0.2) is 13.4 Å². The zero-order valence-corrected chi connectivity index (χ0v) is 22.8. The van der Waals surface area contributed by atoms with Crippen LogP contribution in [0, 0.1) is 0 Å². The molecule has 4 aromatic rings. The highest BCUT2D eigenvalue weighted by Crippen LogP contribution is 2.29. The summed E-state index contributed by atoms with van der Waals surface area (Å²) in [5, 5.41) is 0.465. The third-order valence-corrected chi connectivity index (χ3v) is 8.66. The number of ether oxygens (including phenoxy) is 1. The third kappa shape index (κ3) is 5.15. The number of methoxy groups -OCH3 is 1. The zero-order chi connectivity index (χ0) is 25.9. The molecule has 0 N–H and O–H groups in total. The number of hydrogen-bond acceptors (Lipinski definition) is 5. The van der Waals surface area contributed by atoms with Crippen LogP contribution in [-0.4, -0.2) is 42.5 Å². The minimum Gasteiger partial charge on any atom is -0.383 e. The molecule has 0 aliphatic heterocycles. The molecular formula is C27H28BrN3O4S. The number of halogens is 1. The Morgan fingerprint density at radius 3 is 2.33 bits per heavy atom. The minimum absolute atomic E-state index is 0.0908. The number of nitrogens with zero attached hydrogens (tertiary/aromatic N) is 3. The highest BCUT2D eigenvalue weighted by atomic mass is 79.9. The molecule has 1 unspecified atom stereocenters. The molecule has 0 fully saturated rings. The quantitative estimate of drug-likeness (QED) is 0.280. The van der Waals surface area contributed by atoms with E-state index in [0.717, 1.165) is 16.5 Å². The molecule has 0 aliphatic carbocycles. The Bertz CT molecular complexity index is 1520. The average molecular weight is 571 g/mol. The molecule has 1 aromatic heterocycles. The molecule has 0 radical (unpaired) electrons. The van der Waals surface area contributed by atoms with E-state index in [1.54, 1.807) is 49.4 Å². The van der Waals surface area contributed by atoms with Crippen molar-refractivity contribution in [1.82, 2.24) is 13.9 Å². The van der Waals surface area contributed by atoms with E-state index in [-0.39, 0.29) is 23.6 Å². The number of rotatable bonds is 9. The van der Waals surface area contributed by atoms with Gasteiger partial charge in [-0.3, -0.25) is 9.36 Å². The molecule has 0 amide bonds. The van der Waals surface area contributed by atoms with E-state index in [1.165, 1.54) is 16.0 Å². The van der Waals surface area contributed by atoms with Crippen LogP contribution in [0.1, 0.15) is 31.3 Å². The van der Waals surface area contributed by atoms with Crippen LogP contribution in [0.5, 0.6) is 0 Å². The summed E-state index contributed by atoms with van der Waals surface area (Å²) in [7, 11) is -2.41. The highest BCUT2D eigenvalue weighted by Gasteiger charge is 2.33. The Morgan fingerprint density at radius 2 is 1.69 bits per heavy atom. The average Bonchev–Trinajstić information content (AvgIpc) is 2.89. The van der Waals surface area contributed by atoms with Gasteiger partial charge in [-0.1, -0.05) is 47.1 Å². The predicted octanol–water partition coefficient (Wildman–Crippen LogP) is 5.11.